The van der Waals surface area contributed by atoms with Gasteiger partial charge in [0.05, 0.1) is 17.8 Å². The molecule has 2 N–H and O–H groups in total. The number of amides is 1. The number of nitrogens with zero attached hydrogens (tertiary/aromatic N) is 5. The minimum Gasteiger partial charge on any atom is -0.444 e. The van der Waals surface area contributed by atoms with Crippen LogP contribution in [0.5, 0.6) is 0 Å². The lowest BCUT2D eigenvalue weighted by Gasteiger charge is -2.31. The number of hydrogen-bond donors (Lipinski definition) is 2. The Morgan fingerprint density at radius 2 is 2.08 bits per heavy atom. The molecule has 4 aromatic rings. The normalized spacial score (nSPS) is 13.2. The number of anilines is 1. The van der Waals surface area contributed by atoms with Crippen molar-refractivity contribution in [3.05, 3.63) is 71.3 Å². The second-order valence-electron chi connectivity index (χ2n) is 10.1. The van der Waals surface area contributed by atoms with E-state index in [-0.39, 0.29) is 6.09 Å². The molecule has 5 rings (SSSR count). The first-order valence-electron chi connectivity index (χ1n) is 12.3. The van der Waals surface area contributed by atoms with Crippen molar-refractivity contribution in [2.45, 2.75) is 45.8 Å². The maximum atomic E-state index is 12.8. The molecule has 0 saturated heterocycles. The second-order valence-corrected chi connectivity index (χ2v) is 10.1. The molecule has 4 heterocycles. The molecule has 3 aromatic heterocycles. The Morgan fingerprint density at radius 1 is 1.24 bits per heavy atom. The van der Waals surface area contributed by atoms with Crippen molar-refractivity contribution in [3.63, 3.8) is 0 Å². The van der Waals surface area contributed by atoms with Crippen molar-refractivity contribution in [2.24, 2.45) is 0 Å². The van der Waals surface area contributed by atoms with Crippen LogP contribution in [-0.4, -0.2) is 49.6 Å². The highest BCUT2D eigenvalue weighted by Gasteiger charge is 2.29. The number of carbonyl (C=O) groups is 1. The first-order chi connectivity index (χ1) is 17.8. The van der Waals surface area contributed by atoms with E-state index >= 15 is 0 Å². The maximum absolute atomic E-state index is 12.8. The van der Waals surface area contributed by atoms with Crippen LogP contribution in [0.25, 0.3) is 22.3 Å². The third kappa shape index (κ3) is 5.38. The fourth-order valence-corrected chi connectivity index (χ4v) is 4.47. The van der Waals surface area contributed by atoms with Gasteiger partial charge in [-0.25, -0.2) is 14.8 Å². The van der Waals surface area contributed by atoms with Gasteiger partial charge in [0.15, 0.2) is 5.82 Å². The Bertz CT molecular complexity index is 1500. The van der Waals surface area contributed by atoms with Crippen LogP contribution < -0.4 is 5.32 Å². The molecular formula is C28H29N7O2. The van der Waals surface area contributed by atoms with Crippen LogP contribution in [0.3, 0.4) is 0 Å². The van der Waals surface area contributed by atoms with Crippen molar-refractivity contribution in [1.29, 1.82) is 5.26 Å². The van der Waals surface area contributed by atoms with E-state index in [1.54, 1.807) is 17.2 Å². The van der Waals surface area contributed by atoms with Crippen LogP contribution in [0.1, 0.15) is 43.2 Å². The summed E-state index contributed by atoms with van der Waals surface area (Å²) in [7, 11) is 0. The minimum atomic E-state index is -0.577. The number of benzene rings is 1. The van der Waals surface area contributed by atoms with Gasteiger partial charge in [0.1, 0.15) is 17.5 Å². The van der Waals surface area contributed by atoms with Crippen molar-refractivity contribution >= 4 is 22.8 Å². The number of carbonyl (C=O) groups excluding carboxylic acids is 1. The molecule has 1 aromatic carbocycles. The SMILES string of the molecule is CC(C)(C)OC(=O)N1CCc2c(nc(-c3cncc(C#N)c3)nc2NCCc2c[nH]c3ccccc23)C1. The first-order valence-corrected chi connectivity index (χ1v) is 12.3. The fraction of sp³-hybridized carbons (Fsp3) is 0.321. The second kappa shape index (κ2) is 9.90. The Balaban J connectivity index is 1.43. The van der Waals surface area contributed by atoms with E-state index in [4.69, 9.17) is 14.7 Å². The summed E-state index contributed by atoms with van der Waals surface area (Å²) < 4.78 is 5.59. The molecule has 0 unspecified atom stereocenters. The van der Waals surface area contributed by atoms with Crippen LogP contribution in [-0.2, 0) is 24.1 Å². The van der Waals surface area contributed by atoms with Crippen LogP contribution in [0, 0.1) is 11.3 Å². The Labute approximate surface area is 215 Å². The molecular weight excluding hydrogens is 466 g/mol. The number of pyridine rings is 1. The number of aromatic amines is 1. The molecule has 0 saturated carbocycles. The Morgan fingerprint density at radius 3 is 2.89 bits per heavy atom. The largest absolute Gasteiger partial charge is 0.444 e. The predicted molar refractivity (Wildman–Crippen MR) is 141 cm³/mol. The highest BCUT2D eigenvalue weighted by atomic mass is 16.6. The molecule has 0 aliphatic carbocycles. The Kier molecular flexibility index (Phi) is 6.49. The van der Waals surface area contributed by atoms with Crippen LogP contribution >= 0.6 is 0 Å². The van der Waals surface area contributed by atoms with Gasteiger partial charge in [-0.05, 0) is 51.3 Å². The topological polar surface area (TPSA) is 120 Å². The number of nitriles is 1. The van der Waals surface area contributed by atoms with Crippen LogP contribution in [0.2, 0.25) is 0 Å². The highest BCUT2D eigenvalue weighted by Crippen LogP contribution is 2.28. The standard InChI is InChI=1S/C28H29N7O2/c1-28(2,3)37-27(36)35-11-9-22-24(17-35)33-25(20-12-18(13-29)14-30-15-20)34-26(22)31-10-8-19-16-32-23-7-5-4-6-21(19)23/h4-7,12,14-16,32H,8-11,17H2,1-3H3,(H,31,33,34). The maximum Gasteiger partial charge on any atom is 0.410 e. The fourth-order valence-electron chi connectivity index (χ4n) is 4.47. The molecule has 1 amide bonds. The van der Waals surface area contributed by atoms with Gasteiger partial charge in [-0.15, -0.1) is 0 Å². The van der Waals surface area contributed by atoms with E-state index in [0.717, 1.165) is 29.0 Å². The summed E-state index contributed by atoms with van der Waals surface area (Å²) in [4.78, 5) is 31.5. The van der Waals surface area contributed by atoms with E-state index in [0.29, 0.717) is 43.0 Å². The average Bonchev–Trinajstić information content (AvgIpc) is 3.30. The van der Waals surface area contributed by atoms with Crippen LogP contribution in [0.15, 0.2) is 48.9 Å². The molecule has 0 spiro atoms. The molecule has 1 aliphatic rings. The molecule has 9 heteroatoms. The summed E-state index contributed by atoms with van der Waals surface area (Å²) in [6.45, 7) is 7.09. The van der Waals surface area contributed by atoms with Gasteiger partial charge in [0, 0.05) is 53.7 Å². The van der Waals surface area contributed by atoms with E-state index in [1.807, 2.05) is 39.1 Å². The van der Waals surface area contributed by atoms with Crippen molar-refractivity contribution < 1.29 is 9.53 Å². The summed E-state index contributed by atoms with van der Waals surface area (Å²) >= 11 is 0. The smallest absolute Gasteiger partial charge is 0.410 e. The lowest BCUT2D eigenvalue weighted by atomic mass is 10.0. The number of rotatable bonds is 5. The zero-order chi connectivity index (χ0) is 26.0. The summed E-state index contributed by atoms with van der Waals surface area (Å²) in [5.74, 6) is 1.20. The lowest BCUT2D eigenvalue weighted by molar-refractivity contribution is 0.0221. The van der Waals surface area contributed by atoms with Gasteiger partial charge in [-0.1, -0.05) is 18.2 Å². The van der Waals surface area contributed by atoms with Gasteiger partial charge in [0.2, 0.25) is 0 Å². The van der Waals surface area contributed by atoms with Crippen molar-refractivity contribution in [2.75, 3.05) is 18.4 Å². The van der Waals surface area contributed by atoms with E-state index in [9.17, 15) is 10.1 Å². The molecule has 37 heavy (non-hydrogen) atoms. The number of fused-ring (bicyclic) bond motifs is 2. The highest BCUT2D eigenvalue weighted by molar-refractivity contribution is 5.83. The minimum absolute atomic E-state index is 0.322. The lowest BCUT2D eigenvalue weighted by Crippen LogP contribution is -2.40. The molecule has 0 fully saturated rings. The summed E-state index contributed by atoms with van der Waals surface area (Å²) in [6.07, 6.45) is 6.26. The van der Waals surface area contributed by atoms with Gasteiger partial charge in [-0.3, -0.25) is 4.98 Å². The van der Waals surface area contributed by atoms with E-state index in [1.165, 1.54) is 17.1 Å². The van der Waals surface area contributed by atoms with Gasteiger partial charge < -0.3 is 19.9 Å². The summed E-state index contributed by atoms with van der Waals surface area (Å²) in [6, 6.07) is 12.1. The van der Waals surface area contributed by atoms with Crippen molar-refractivity contribution in [3.8, 4) is 17.5 Å². The summed E-state index contributed by atoms with van der Waals surface area (Å²) in [5.41, 5.74) is 4.61. The molecule has 9 nitrogen and oxygen atoms in total. The molecule has 0 atom stereocenters. The van der Waals surface area contributed by atoms with E-state index < -0.39 is 5.60 Å². The zero-order valence-electron chi connectivity index (χ0n) is 21.2. The van der Waals surface area contributed by atoms with Crippen molar-refractivity contribution in [1.82, 2.24) is 24.8 Å². The molecule has 0 radical (unpaired) electrons. The third-order valence-electron chi connectivity index (χ3n) is 6.20. The number of H-pyrrole nitrogens is 1. The average molecular weight is 496 g/mol. The number of nitrogens with one attached hydrogen (secondary N) is 2. The third-order valence-corrected chi connectivity index (χ3v) is 6.20. The van der Waals surface area contributed by atoms with Gasteiger partial charge in [-0.2, -0.15) is 5.26 Å². The number of ether oxygens (including phenoxy) is 1. The van der Waals surface area contributed by atoms with Crippen LogP contribution in [0.4, 0.5) is 10.6 Å². The zero-order valence-corrected chi connectivity index (χ0v) is 21.2. The Hall–Kier alpha value is -4.45. The van der Waals surface area contributed by atoms with Gasteiger partial charge >= 0.3 is 6.09 Å². The van der Waals surface area contributed by atoms with Gasteiger partial charge in [0.25, 0.3) is 0 Å². The van der Waals surface area contributed by atoms with E-state index in [2.05, 4.69) is 33.5 Å². The quantitative estimate of drug-likeness (QED) is 0.406. The predicted octanol–water partition coefficient (Wildman–Crippen LogP) is 4.84. The number of para-hydroxylation sites is 1. The molecule has 0 bridgehead atoms. The summed E-state index contributed by atoms with van der Waals surface area (Å²) in [5, 5.41) is 14.0. The molecule has 1 aliphatic heterocycles. The number of hydrogen-bond acceptors (Lipinski definition) is 7. The molecule has 188 valence electrons. The first kappa shape index (κ1) is 24.3. The monoisotopic (exact) mass is 495 g/mol. The number of aromatic nitrogens is 4.